The first-order valence-corrected chi connectivity index (χ1v) is 22.1. The van der Waals surface area contributed by atoms with Gasteiger partial charge in [-0.25, -0.2) is 0 Å². The molecule has 0 saturated carbocycles. The molecular weight excluding hydrogens is 634 g/mol. The van der Waals surface area contributed by atoms with Crippen molar-refractivity contribution in [1.29, 1.82) is 0 Å². The van der Waals surface area contributed by atoms with Crippen molar-refractivity contribution in [3.63, 3.8) is 0 Å². The average Bonchev–Trinajstić information content (AvgIpc) is 3.13. The predicted molar refractivity (Wildman–Crippen MR) is 218 cm³/mol. The van der Waals surface area contributed by atoms with Crippen molar-refractivity contribution in [3.05, 3.63) is 24.3 Å². The summed E-state index contributed by atoms with van der Waals surface area (Å²) < 4.78 is 5.42. The van der Waals surface area contributed by atoms with E-state index in [1.807, 2.05) is 0 Å². The topological polar surface area (TPSA) is 95.9 Å². The van der Waals surface area contributed by atoms with E-state index >= 15 is 0 Å². The summed E-state index contributed by atoms with van der Waals surface area (Å²) in [6, 6.07) is -0.559. The molecule has 51 heavy (non-hydrogen) atoms. The van der Waals surface area contributed by atoms with Crippen LogP contribution in [0.4, 0.5) is 0 Å². The van der Waals surface area contributed by atoms with Gasteiger partial charge in [0.2, 0.25) is 5.91 Å². The van der Waals surface area contributed by atoms with Gasteiger partial charge in [0.15, 0.2) is 0 Å². The van der Waals surface area contributed by atoms with E-state index in [1.54, 1.807) is 0 Å². The Labute approximate surface area is 316 Å². The number of carbonyl (C=O) groups excluding carboxylic acids is 2. The minimum Gasteiger partial charge on any atom is -0.466 e. The van der Waals surface area contributed by atoms with Crippen LogP contribution in [0.15, 0.2) is 24.3 Å². The summed E-state index contributed by atoms with van der Waals surface area (Å²) in [7, 11) is 0. The number of aliphatic hydroxyl groups excluding tert-OH is 2. The monoisotopic (exact) mass is 720 g/mol. The third kappa shape index (κ3) is 37.9. The molecule has 0 saturated heterocycles. The number of ether oxygens (including phenoxy) is 1. The maximum Gasteiger partial charge on any atom is 0.305 e. The van der Waals surface area contributed by atoms with Gasteiger partial charge in [-0.1, -0.05) is 160 Å². The molecule has 0 aliphatic carbocycles. The van der Waals surface area contributed by atoms with Crippen LogP contribution in [0.1, 0.15) is 226 Å². The van der Waals surface area contributed by atoms with Gasteiger partial charge in [-0.2, -0.15) is 0 Å². The number of carbonyl (C=O) groups is 2. The smallest absolute Gasteiger partial charge is 0.305 e. The van der Waals surface area contributed by atoms with Crippen LogP contribution in [0.25, 0.3) is 0 Å². The molecule has 0 aromatic rings. The van der Waals surface area contributed by atoms with Gasteiger partial charge in [-0.3, -0.25) is 9.59 Å². The van der Waals surface area contributed by atoms with Crippen LogP contribution >= 0.6 is 0 Å². The normalized spacial score (nSPS) is 12.9. The van der Waals surface area contributed by atoms with Crippen molar-refractivity contribution >= 4 is 11.9 Å². The van der Waals surface area contributed by atoms with Crippen molar-refractivity contribution in [2.45, 2.75) is 238 Å². The van der Waals surface area contributed by atoms with Gasteiger partial charge < -0.3 is 20.3 Å². The highest BCUT2D eigenvalue weighted by Crippen LogP contribution is 2.14. The summed E-state index contributed by atoms with van der Waals surface area (Å²) in [5.41, 5.74) is 0. The molecule has 0 bridgehead atoms. The summed E-state index contributed by atoms with van der Waals surface area (Å²) >= 11 is 0. The van der Waals surface area contributed by atoms with Crippen LogP contribution in [0.5, 0.6) is 0 Å². The maximum atomic E-state index is 12.3. The number of allylic oxidation sites excluding steroid dienone is 4. The Hall–Kier alpha value is -1.66. The molecule has 3 N–H and O–H groups in total. The molecule has 0 aliphatic rings. The molecule has 6 nitrogen and oxygen atoms in total. The van der Waals surface area contributed by atoms with E-state index < -0.39 is 12.1 Å². The van der Waals surface area contributed by atoms with Crippen molar-refractivity contribution < 1.29 is 24.5 Å². The molecule has 2 atom stereocenters. The van der Waals surface area contributed by atoms with Gasteiger partial charge >= 0.3 is 5.97 Å². The zero-order chi connectivity index (χ0) is 37.3. The lowest BCUT2D eigenvalue weighted by atomic mass is 10.0. The molecule has 0 aliphatic heterocycles. The lowest BCUT2D eigenvalue weighted by molar-refractivity contribution is -0.143. The second-order valence-corrected chi connectivity index (χ2v) is 15.0. The Morgan fingerprint density at radius 3 is 1.45 bits per heavy atom. The van der Waals surface area contributed by atoms with Crippen molar-refractivity contribution in [2.75, 3.05) is 13.2 Å². The summed E-state index contributed by atoms with van der Waals surface area (Å²) in [6.45, 7) is 4.84. The van der Waals surface area contributed by atoms with Gasteiger partial charge in [-0.15, -0.1) is 0 Å². The van der Waals surface area contributed by atoms with Gasteiger partial charge in [0.05, 0.1) is 25.4 Å². The second kappa shape index (κ2) is 41.1. The van der Waals surface area contributed by atoms with Crippen LogP contribution in [0.3, 0.4) is 0 Å². The van der Waals surface area contributed by atoms with Gasteiger partial charge in [0.25, 0.3) is 0 Å². The Balaban J connectivity index is 3.51. The van der Waals surface area contributed by atoms with Crippen LogP contribution in [-0.4, -0.2) is 47.4 Å². The number of aliphatic hydroxyl groups is 2. The lowest BCUT2D eigenvalue weighted by Crippen LogP contribution is -2.45. The van der Waals surface area contributed by atoms with E-state index in [2.05, 4.69) is 43.5 Å². The van der Waals surface area contributed by atoms with Crippen LogP contribution in [0, 0.1) is 0 Å². The Bertz CT molecular complexity index is 797. The molecule has 0 spiro atoms. The average molecular weight is 720 g/mol. The quantitative estimate of drug-likeness (QED) is 0.0333. The van der Waals surface area contributed by atoms with Crippen LogP contribution in [-0.2, 0) is 14.3 Å². The van der Waals surface area contributed by atoms with E-state index in [9.17, 15) is 19.8 Å². The summed E-state index contributed by atoms with van der Waals surface area (Å²) in [6.07, 6.45) is 45.6. The molecule has 0 rings (SSSR count). The SMILES string of the molecule is CCCCC/C=C\CCCCCCCC(=O)OCCCCCCCC/C=C\CCCCCC(=O)NC(CO)C(O)CCCCCCCCCCC. The number of nitrogens with one attached hydrogen (secondary N) is 1. The first kappa shape index (κ1) is 49.3. The standard InChI is InChI=1S/C45H85NO5/c1-3-5-7-9-11-13-14-19-23-27-31-35-39-45(50)51-40-36-32-28-24-20-17-15-16-18-22-26-30-34-38-44(49)46-42(41-47)43(48)37-33-29-25-21-12-10-8-6-4-2/h11,13,16,18,42-43,47-48H,3-10,12,14-15,17,19-41H2,1-2H3,(H,46,49)/b13-11-,18-16-. The largest absolute Gasteiger partial charge is 0.466 e. The summed E-state index contributed by atoms with van der Waals surface area (Å²) in [4.78, 5) is 24.3. The second-order valence-electron chi connectivity index (χ2n) is 15.0. The third-order valence-electron chi connectivity index (χ3n) is 9.97. The van der Waals surface area contributed by atoms with E-state index in [-0.39, 0.29) is 18.5 Å². The molecule has 1 amide bonds. The van der Waals surface area contributed by atoms with Crippen molar-refractivity contribution in [2.24, 2.45) is 0 Å². The lowest BCUT2D eigenvalue weighted by Gasteiger charge is -2.22. The molecule has 0 aromatic heterocycles. The molecular formula is C45H85NO5. The molecule has 0 heterocycles. The Kier molecular flexibility index (Phi) is 39.8. The minimum absolute atomic E-state index is 0.0238. The Morgan fingerprint density at radius 1 is 0.529 bits per heavy atom. The molecule has 0 aromatic carbocycles. The van der Waals surface area contributed by atoms with Crippen LogP contribution < -0.4 is 5.32 Å². The molecule has 2 unspecified atom stereocenters. The van der Waals surface area contributed by atoms with Gasteiger partial charge in [0, 0.05) is 12.8 Å². The minimum atomic E-state index is -0.678. The predicted octanol–water partition coefficient (Wildman–Crippen LogP) is 12.4. The summed E-state index contributed by atoms with van der Waals surface area (Å²) in [5.74, 6) is -0.0931. The first-order valence-electron chi connectivity index (χ1n) is 22.1. The Morgan fingerprint density at radius 2 is 0.922 bits per heavy atom. The van der Waals surface area contributed by atoms with Crippen molar-refractivity contribution in [1.82, 2.24) is 5.32 Å². The van der Waals surface area contributed by atoms with Gasteiger partial charge in [0.1, 0.15) is 0 Å². The zero-order valence-electron chi connectivity index (χ0n) is 33.8. The van der Waals surface area contributed by atoms with E-state index in [0.29, 0.717) is 25.9 Å². The molecule has 300 valence electrons. The molecule has 0 radical (unpaired) electrons. The fourth-order valence-corrected chi connectivity index (χ4v) is 6.51. The number of esters is 1. The summed E-state index contributed by atoms with van der Waals surface area (Å²) in [5, 5.41) is 23.0. The van der Waals surface area contributed by atoms with Gasteiger partial charge in [-0.05, 0) is 77.0 Å². The van der Waals surface area contributed by atoms with Crippen molar-refractivity contribution in [3.8, 4) is 0 Å². The highest BCUT2D eigenvalue weighted by molar-refractivity contribution is 5.76. The highest BCUT2D eigenvalue weighted by atomic mass is 16.5. The highest BCUT2D eigenvalue weighted by Gasteiger charge is 2.20. The zero-order valence-corrected chi connectivity index (χ0v) is 33.8. The van der Waals surface area contributed by atoms with E-state index in [4.69, 9.17) is 4.74 Å². The first-order chi connectivity index (χ1) is 25.0. The molecule has 6 heteroatoms. The maximum absolute atomic E-state index is 12.3. The number of amides is 1. The van der Waals surface area contributed by atoms with Crippen LogP contribution in [0.2, 0.25) is 0 Å². The fourth-order valence-electron chi connectivity index (χ4n) is 6.51. The number of hydrogen-bond acceptors (Lipinski definition) is 5. The number of unbranched alkanes of at least 4 members (excludes halogenated alkanes) is 25. The molecule has 0 fully saturated rings. The van der Waals surface area contributed by atoms with E-state index in [1.165, 1.54) is 122 Å². The third-order valence-corrected chi connectivity index (χ3v) is 9.97. The fraction of sp³-hybridized carbons (Fsp3) is 0.867. The van der Waals surface area contributed by atoms with E-state index in [0.717, 1.165) is 70.6 Å². The number of hydrogen-bond donors (Lipinski definition) is 3. The number of rotatable bonds is 40.